The number of nitrogens with zero attached hydrogens (tertiary/aromatic N) is 5. The van der Waals surface area contributed by atoms with E-state index in [1.807, 2.05) is 0 Å². The fourth-order valence-corrected chi connectivity index (χ4v) is 8.75. The van der Waals surface area contributed by atoms with Crippen molar-refractivity contribution in [2.75, 3.05) is 24.7 Å². The van der Waals surface area contributed by atoms with Crippen LogP contribution in [0.2, 0.25) is 5.15 Å². The second kappa shape index (κ2) is 9.26. The highest BCUT2D eigenvalue weighted by Crippen LogP contribution is 2.72. The third kappa shape index (κ3) is 4.18. The fraction of sp³-hybridized carbons (Fsp3) is 0.536. The zero-order valence-corrected chi connectivity index (χ0v) is 25.2. The molecule has 0 radical (unpaired) electrons. The number of alkyl halides is 5. The number of fused-ring (bicyclic) bond motifs is 3. The van der Waals surface area contributed by atoms with Crippen LogP contribution in [0.1, 0.15) is 50.3 Å². The molecule has 3 aromatic rings. The van der Waals surface area contributed by atoms with Crippen molar-refractivity contribution in [2.24, 2.45) is 5.41 Å². The highest BCUT2D eigenvalue weighted by atomic mass is 35.5. The Kier molecular flexibility index (Phi) is 6.47. The predicted octanol–water partition coefficient (Wildman–Crippen LogP) is 5.52. The molecule has 1 aromatic carbocycles. The first kappa shape index (κ1) is 30.0. The predicted molar refractivity (Wildman–Crippen MR) is 150 cm³/mol. The van der Waals surface area contributed by atoms with Gasteiger partial charge in [-0.25, -0.2) is 26.7 Å². The minimum absolute atomic E-state index is 0.0124. The summed E-state index contributed by atoms with van der Waals surface area (Å²) < 4.78 is 99.8. The number of carbonyl (C=O) groups is 1. The van der Waals surface area contributed by atoms with E-state index in [1.165, 1.54) is 55.4 Å². The monoisotopic (exact) mass is 645 g/mol. The molecule has 2 fully saturated rings. The highest BCUT2D eigenvalue weighted by Gasteiger charge is 2.82. The van der Waals surface area contributed by atoms with Gasteiger partial charge in [0.2, 0.25) is 5.91 Å². The van der Waals surface area contributed by atoms with Crippen LogP contribution in [-0.2, 0) is 20.0 Å². The maximum absolute atomic E-state index is 15.4. The summed E-state index contributed by atoms with van der Waals surface area (Å²) in [7, 11) is -2.11. The maximum atomic E-state index is 15.4. The summed E-state index contributed by atoms with van der Waals surface area (Å²) in [6.07, 6.45) is -0.934. The molecule has 232 valence electrons. The van der Waals surface area contributed by atoms with Gasteiger partial charge in [-0.15, -0.1) is 0 Å². The van der Waals surface area contributed by atoms with Crippen molar-refractivity contribution < 1.29 is 35.2 Å². The van der Waals surface area contributed by atoms with Crippen LogP contribution in [0.4, 0.5) is 33.3 Å². The van der Waals surface area contributed by atoms with Crippen molar-refractivity contribution in [3.63, 3.8) is 0 Å². The van der Waals surface area contributed by atoms with Gasteiger partial charge in [0.05, 0.1) is 28.7 Å². The molecule has 3 aliphatic rings. The quantitative estimate of drug-likeness (QED) is 0.340. The molecule has 0 saturated heterocycles. The second-order valence-electron chi connectivity index (χ2n) is 12.3. The van der Waals surface area contributed by atoms with Crippen LogP contribution in [0.15, 0.2) is 36.5 Å². The molecule has 1 amide bonds. The number of rotatable bonds is 5. The Bertz CT molecular complexity index is 1750. The van der Waals surface area contributed by atoms with E-state index < -0.39 is 62.4 Å². The molecule has 5 atom stereocenters. The van der Waals surface area contributed by atoms with Gasteiger partial charge in [0.1, 0.15) is 10.8 Å². The summed E-state index contributed by atoms with van der Waals surface area (Å²) in [4.78, 5) is 20.3. The summed E-state index contributed by atoms with van der Waals surface area (Å²) >= 11 is 5.97. The normalized spacial score (nSPS) is 30.1. The smallest absolute Gasteiger partial charge is 0.341 e. The van der Waals surface area contributed by atoms with E-state index in [2.05, 4.69) is 10.1 Å². The number of amides is 1. The van der Waals surface area contributed by atoms with E-state index in [4.69, 9.17) is 11.6 Å². The van der Waals surface area contributed by atoms with E-state index in [1.54, 1.807) is 0 Å². The van der Waals surface area contributed by atoms with Crippen molar-refractivity contribution in [1.29, 1.82) is 0 Å². The largest absolute Gasteiger partial charge is 0.401 e. The zero-order chi connectivity index (χ0) is 31.5. The SMILES string of the molecule is CN(C(=O)[C@]1(C)[C@@H](c2ccc(N3C[C@@](C)(C(F)(F)F)c4c3cnc3cc(Cl)nn43)cc2)C1(F)F)C1CCCC1S(C)(=O)=O. The van der Waals surface area contributed by atoms with Gasteiger partial charge in [0, 0.05) is 37.6 Å². The number of aromatic nitrogens is 3. The first-order chi connectivity index (χ1) is 19.8. The summed E-state index contributed by atoms with van der Waals surface area (Å²) in [5, 5.41) is 3.19. The van der Waals surface area contributed by atoms with E-state index in [0.717, 1.165) is 22.6 Å². The molecule has 2 aliphatic carbocycles. The zero-order valence-electron chi connectivity index (χ0n) is 23.7. The van der Waals surface area contributed by atoms with Crippen LogP contribution in [0, 0.1) is 5.41 Å². The molecule has 2 unspecified atom stereocenters. The van der Waals surface area contributed by atoms with Crippen molar-refractivity contribution in [3.05, 3.63) is 52.9 Å². The molecule has 0 bridgehead atoms. The van der Waals surface area contributed by atoms with E-state index >= 15 is 8.78 Å². The number of carbonyl (C=O) groups excluding carboxylic acids is 1. The molecule has 0 spiro atoms. The summed E-state index contributed by atoms with van der Waals surface area (Å²) in [5.74, 6) is -5.74. The molecule has 2 aromatic heterocycles. The van der Waals surface area contributed by atoms with Gasteiger partial charge < -0.3 is 9.80 Å². The molecule has 8 nitrogen and oxygen atoms in total. The first-order valence-corrected chi connectivity index (χ1v) is 16.0. The molecular formula is C28H29ClF5N5O3S. The number of hydrogen-bond donors (Lipinski definition) is 0. The average molecular weight is 646 g/mol. The van der Waals surface area contributed by atoms with Crippen LogP contribution < -0.4 is 4.90 Å². The molecule has 2 saturated carbocycles. The third-order valence-corrected chi connectivity index (χ3v) is 11.5. The molecule has 0 N–H and O–H groups in total. The Morgan fingerprint density at radius 1 is 1.14 bits per heavy atom. The molecule has 1 aliphatic heterocycles. The lowest BCUT2D eigenvalue weighted by Crippen LogP contribution is -2.48. The first-order valence-electron chi connectivity index (χ1n) is 13.7. The Labute approximate surface area is 249 Å². The van der Waals surface area contributed by atoms with Crippen molar-refractivity contribution >= 4 is 44.4 Å². The summed E-state index contributed by atoms with van der Waals surface area (Å²) in [5.41, 5.74) is -3.83. The molecule has 6 rings (SSSR count). The summed E-state index contributed by atoms with van der Waals surface area (Å²) in [6.45, 7) is 1.73. The molecule has 43 heavy (non-hydrogen) atoms. The molecular weight excluding hydrogens is 617 g/mol. The lowest BCUT2D eigenvalue weighted by molar-refractivity contribution is -0.181. The third-order valence-electron chi connectivity index (χ3n) is 9.66. The highest BCUT2D eigenvalue weighted by molar-refractivity contribution is 7.91. The number of hydrogen-bond acceptors (Lipinski definition) is 6. The summed E-state index contributed by atoms with van der Waals surface area (Å²) in [6, 6.07) is 6.33. The van der Waals surface area contributed by atoms with Crippen LogP contribution in [-0.4, -0.2) is 77.1 Å². The standard InChI is InChI=1S/C28H29ClF5N5O3S/c1-25(28(32,33)34)14-38(18-13-35-21-12-20(29)36-39(21)23(18)25)16-10-8-15(9-11-16)22-26(2,27(22,30)31)24(40)37(3)17-6-5-7-19(17)43(4,41)42/h8-13,17,19,22H,5-7,14H2,1-4H3/t17?,19?,22-,25-,26+/m1/s1. The van der Waals surface area contributed by atoms with Crippen molar-refractivity contribution in [3.8, 4) is 0 Å². The van der Waals surface area contributed by atoms with Crippen molar-refractivity contribution in [1.82, 2.24) is 19.5 Å². The van der Waals surface area contributed by atoms with E-state index in [9.17, 15) is 26.4 Å². The van der Waals surface area contributed by atoms with Gasteiger partial charge in [-0.1, -0.05) is 23.7 Å². The van der Waals surface area contributed by atoms with Crippen LogP contribution in [0.3, 0.4) is 0 Å². The Hall–Kier alpha value is -3.00. The number of sulfone groups is 1. The minimum Gasteiger partial charge on any atom is -0.341 e. The average Bonchev–Trinajstić information content (AvgIpc) is 3.44. The minimum atomic E-state index is -4.66. The Morgan fingerprint density at radius 2 is 1.79 bits per heavy atom. The molecule has 3 heterocycles. The number of halogens is 6. The van der Waals surface area contributed by atoms with Gasteiger partial charge in [0.25, 0.3) is 5.92 Å². The Balaban J connectivity index is 1.31. The van der Waals surface area contributed by atoms with Gasteiger partial charge in [-0.05, 0) is 50.8 Å². The van der Waals surface area contributed by atoms with Crippen molar-refractivity contribution in [2.45, 2.75) is 67.8 Å². The second-order valence-corrected chi connectivity index (χ2v) is 14.9. The number of benzene rings is 1. The topological polar surface area (TPSA) is 87.9 Å². The van der Waals surface area contributed by atoms with Crippen LogP contribution in [0.25, 0.3) is 5.65 Å². The lowest BCUT2D eigenvalue weighted by atomic mass is 9.87. The lowest BCUT2D eigenvalue weighted by Gasteiger charge is -2.31. The van der Waals surface area contributed by atoms with Crippen LogP contribution in [0.5, 0.6) is 0 Å². The van der Waals surface area contributed by atoms with E-state index in [-0.39, 0.29) is 27.7 Å². The van der Waals surface area contributed by atoms with Gasteiger partial charge >= 0.3 is 6.18 Å². The van der Waals surface area contributed by atoms with Crippen LogP contribution >= 0.6 is 11.6 Å². The fourth-order valence-electron chi connectivity index (χ4n) is 7.09. The molecule has 15 heteroatoms. The maximum Gasteiger partial charge on any atom is 0.401 e. The number of anilines is 2. The van der Waals surface area contributed by atoms with Gasteiger partial charge in [0.15, 0.2) is 20.6 Å². The van der Waals surface area contributed by atoms with Gasteiger partial charge in [-0.3, -0.25) is 4.79 Å². The van der Waals surface area contributed by atoms with E-state index in [0.29, 0.717) is 24.9 Å². The van der Waals surface area contributed by atoms with Gasteiger partial charge in [-0.2, -0.15) is 18.3 Å². The Morgan fingerprint density at radius 3 is 2.40 bits per heavy atom.